The summed E-state index contributed by atoms with van der Waals surface area (Å²) in [5, 5.41) is 2.86. The van der Waals surface area contributed by atoms with E-state index in [0.29, 0.717) is 72.9 Å². The summed E-state index contributed by atoms with van der Waals surface area (Å²) in [7, 11) is 0. The Morgan fingerprint density at radius 2 is 1.72 bits per heavy atom. The van der Waals surface area contributed by atoms with Gasteiger partial charge in [0.25, 0.3) is 5.91 Å². The Balaban J connectivity index is 0.00000139. The molecule has 2 aliphatic carbocycles. The number of hydrogen-bond donors (Lipinski definition) is 2. The molecule has 0 atom stereocenters. The molecule has 3 N–H and O–H groups in total. The van der Waals surface area contributed by atoms with Crippen LogP contribution in [0.1, 0.15) is 91.1 Å². The van der Waals surface area contributed by atoms with Gasteiger partial charge < -0.3 is 20.7 Å². The fourth-order valence-corrected chi connectivity index (χ4v) is 6.77. The zero-order valence-electron chi connectivity index (χ0n) is 28.4. The maximum Gasteiger partial charge on any atom is 0.433 e. The maximum absolute atomic E-state index is 16.0. The van der Waals surface area contributed by atoms with Crippen molar-refractivity contribution in [2.24, 2.45) is 16.6 Å². The summed E-state index contributed by atoms with van der Waals surface area (Å²) in [6, 6.07) is 5.83. The zero-order valence-corrected chi connectivity index (χ0v) is 28.4. The molecule has 2 aliphatic heterocycles. The van der Waals surface area contributed by atoms with Crippen molar-refractivity contribution in [2.45, 2.75) is 90.0 Å². The summed E-state index contributed by atoms with van der Waals surface area (Å²) in [4.78, 5) is 42.2. The molecule has 50 heavy (non-hydrogen) atoms. The maximum atomic E-state index is 16.0. The summed E-state index contributed by atoms with van der Waals surface area (Å²) in [6.07, 6.45) is 0.861. The third-order valence-electron chi connectivity index (χ3n) is 9.74. The van der Waals surface area contributed by atoms with Gasteiger partial charge in [0.15, 0.2) is 0 Å². The van der Waals surface area contributed by atoms with Crippen molar-refractivity contribution in [1.82, 2.24) is 20.3 Å². The normalized spacial score (nSPS) is 18.4. The molecule has 0 radical (unpaired) electrons. The Bertz CT molecular complexity index is 1790. The Morgan fingerprint density at radius 1 is 1.06 bits per heavy atom. The van der Waals surface area contributed by atoms with E-state index in [1.54, 1.807) is 0 Å². The van der Waals surface area contributed by atoms with Crippen molar-refractivity contribution >= 4 is 23.8 Å². The minimum atomic E-state index is -4.56. The number of nitrogens with zero attached hydrogens (tertiary/aromatic N) is 5. The first-order chi connectivity index (χ1) is 23.9. The first-order valence-electron chi connectivity index (χ1n) is 17.0. The number of nitrogens with two attached hydrogens (primary N) is 1. The van der Waals surface area contributed by atoms with E-state index in [1.807, 2.05) is 26.8 Å². The Morgan fingerprint density at radius 3 is 2.30 bits per heavy atom. The second-order valence-corrected chi connectivity index (χ2v) is 13.4. The first-order valence-corrected chi connectivity index (χ1v) is 17.0. The number of hydrogen-bond acceptors (Lipinski definition) is 8. The number of aromatic nitrogens is 3. The summed E-state index contributed by atoms with van der Waals surface area (Å²) in [6.45, 7) is 7.39. The van der Waals surface area contributed by atoms with E-state index in [-0.39, 0.29) is 36.5 Å². The molecule has 4 heterocycles. The van der Waals surface area contributed by atoms with Crippen LogP contribution in [0.5, 0.6) is 0 Å². The summed E-state index contributed by atoms with van der Waals surface area (Å²) >= 11 is 0. The standard InChI is InChI=1S/C35H38F4N6O2.CH3NO/c1-4-29-40-19(2)30(20(3)41-29)23-15-26(36)25(18-47-17-21-5-6-21)27(16-23)45-13-11-34(12-14-45)33(46)43-32(44-34)24-9-10-28(35(37,38)39)42-31(24)22-7-8-22;2-1-3/h9-10,15-16,21-22H,4-8,11-14,17-18H2,1-3H3,(H,43,44,46);1H,(H2,2,3). The van der Waals surface area contributed by atoms with E-state index >= 15 is 4.39 Å². The number of piperidine rings is 1. The molecule has 3 aromatic rings. The lowest BCUT2D eigenvalue weighted by Crippen LogP contribution is -2.49. The van der Waals surface area contributed by atoms with Crippen LogP contribution in [0.25, 0.3) is 11.1 Å². The molecular formula is C36H41F4N7O3. The number of amidine groups is 1. The average molecular weight is 696 g/mol. The fourth-order valence-electron chi connectivity index (χ4n) is 6.77. The molecule has 0 bridgehead atoms. The highest BCUT2D eigenvalue weighted by atomic mass is 19.4. The van der Waals surface area contributed by atoms with Gasteiger partial charge in [-0.05, 0) is 88.1 Å². The van der Waals surface area contributed by atoms with Gasteiger partial charge in [0, 0.05) is 65.8 Å². The van der Waals surface area contributed by atoms with Crippen LogP contribution in [0.4, 0.5) is 23.2 Å². The van der Waals surface area contributed by atoms with E-state index < -0.39 is 17.4 Å². The van der Waals surface area contributed by atoms with Crippen LogP contribution in [0, 0.1) is 25.6 Å². The lowest BCUT2D eigenvalue weighted by molar-refractivity contribution is -0.141. The summed E-state index contributed by atoms with van der Waals surface area (Å²) in [5.41, 5.74) is 7.14. The van der Waals surface area contributed by atoms with Crippen LogP contribution < -0.4 is 16.0 Å². The topological polar surface area (TPSA) is 136 Å². The van der Waals surface area contributed by atoms with Gasteiger partial charge in [-0.3, -0.25) is 14.6 Å². The Labute approximate surface area is 287 Å². The monoisotopic (exact) mass is 695 g/mol. The Hall–Kier alpha value is -4.46. The SMILES string of the molecule is CCc1nc(C)c(-c2cc(F)c(COCC3CC3)c(N3CCC4(CC3)N=C(c3ccc(C(F)(F)F)nc3C3CC3)NC4=O)c2)c(C)n1.NC=O. The fraction of sp³-hybridized carbons (Fsp3) is 0.500. The van der Waals surface area contributed by atoms with Crippen LogP contribution in [0.15, 0.2) is 29.3 Å². The highest BCUT2D eigenvalue weighted by Gasteiger charge is 2.47. The number of aryl methyl sites for hydroxylation is 3. The zero-order chi connectivity index (χ0) is 35.8. The molecule has 2 saturated carbocycles. The predicted molar refractivity (Wildman–Crippen MR) is 179 cm³/mol. The average Bonchev–Trinajstić information content (AvgIpc) is 4.01. The van der Waals surface area contributed by atoms with Gasteiger partial charge in [0.2, 0.25) is 6.41 Å². The van der Waals surface area contributed by atoms with Gasteiger partial charge in [-0.2, -0.15) is 13.2 Å². The Kier molecular flexibility index (Phi) is 9.93. The van der Waals surface area contributed by atoms with E-state index in [9.17, 15) is 18.0 Å². The van der Waals surface area contributed by atoms with Gasteiger partial charge in [0.05, 0.1) is 12.3 Å². The molecule has 2 amide bonds. The molecule has 1 spiro atoms. The number of rotatable bonds is 9. The van der Waals surface area contributed by atoms with Crippen molar-refractivity contribution in [3.63, 3.8) is 0 Å². The molecule has 266 valence electrons. The number of alkyl halides is 3. The molecule has 14 heteroatoms. The van der Waals surface area contributed by atoms with Gasteiger partial charge in [0.1, 0.15) is 28.7 Å². The number of pyridine rings is 1. The van der Waals surface area contributed by atoms with Crippen LogP contribution >= 0.6 is 0 Å². The number of carbonyl (C=O) groups is 2. The number of carbonyl (C=O) groups excluding carboxylic acids is 2. The number of aliphatic imine (C=N–C) groups is 1. The number of anilines is 1. The van der Waals surface area contributed by atoms with Crippen LogP contribution in [0.3, 0.4) is 0 Å². The smallest absolute Gasteiger partial charge is 0.376 e. The van der Waals surface area contributed by atoms with E-state index in [1.165, 1.54) is 12.1 Å². The molecule has 1 saturated heterocycles. The van der Waals surface area contributed by atoms with Crippen molar-refractivity contribution < 1.29 is 31.9 Å². The van der Waals surface area contributed by atoms with Crippen LogP contribution in [-0.2, 0) is 33.5 Å². The quantitative estimate of drug-likeness (QED) is 0.217. The molecule has 4 aliphatic rings. The number of ether oxygens (including phenoxy) is 1. The molecule has 7 rings (SSSR count). The number of nitrogens with one attached hydrogen (secondary N) is 1. The van der Waals surface area contributed by atoms with E-state index in [0.717, 1.165) is 54.5 Å². The van der Waals surface area contributed by atoms with Crippen molar-refractivity contribution in [3.8, 4) is 11.1 Å². The minimum Gasteiger partial charge on any atom is -0.376 e. The molecule has 2 aromatic heterocycles. The van der Waals surface area contributed by atoms with Gasteiger partial charge in [-0.15, -0.1) is 0 Å². The molecule has 3 fully saturated rings. The van der Waals surface area contributed by atoms with Gasteiger partial charge >= 0.3 is 6.18 Å². The van der Waals surface area contributed by atoms with Crippen molar-refractivity contribution in [2.75, 3.05) is 24.6 Å². The number of benzene rings is 1. The molecular weight excluding hydrogens is 654 g/mol. The third-order valence-corrected chi connectivity index (χ3v) is 9.74. The van der Waals surface area contributed by atoms with Crippen LogP contribution in [-0.4, -0.2) is 58.3 Å². The second kappa shape index (κ2) is 14.0. The summed E-state index contributed by atoms with van der Waals surface area (Å²) < 4.78 is 62.3. The van der Waals surface area contributed by atoms with E-state index in [4.69, 9.17) is 14.5 Å². The molecule has 0 unspecified atom stereocenters. The highest BCUT2D eigenvalue weighted by Crippen LogP contribution is 2.43. The minimum absolute atomic E-state index is 0.0797. The summed E-state index contributed by atoms with van der Waals surface area (Å²) in [5.74, 6) is 0.818. The van der Waals surface area contributed by atoms with Gasteiger partial charge in [-0.25, -0.2) is 19.3 Å². The predicted octanol–water partition coefficient (Wildman–Crippen LogP) is 5.70. The van der Waals surface area contributed by atoms with Crippen molar-refractivity contribution in [3.05, 3.63) is 69.8 Å². The number of primary amides is 1. The lowest BCUT2D eigenvalue weighted by atomic mass is 9.87. The highest BCUT2D eigenvalue weighted by molar-refractivity contribution is 6.16. The first kappa shape index (κ1) is 35.4. The molecule has 10 nitrogen and oxygen atoms in total. The lowest BCUT2D eigenvalue weighted by Gasteiger charge is -2.38. The molecule has 1 aromatic carbocycles. The van der Waals surface area contributed by atoms with Crippen LogP contribution in [0.2, 0.25) is 0 Å². The van der Waals surface area contributed by atoms with Gasteiger partial charge in [-0.1, -0.05) is 6.92 Å². The number of amides is 2. The van der Waals surface area contributed by atoms with Crippen molar-refractivity contribution in [1.29, 1.82) is 0 Å². The largest absolute Gasteiger partial charge is 0.433 e. The third kappa shape index (κ3) is 7.35. The number of halogens is 4. The van der Waals surface area contributed by atoms with E-state index in [2.05, 4.69) is 30.9 Å². The second-order valence-electron chi connectivity index (χ2n) is 13.4.